The standard InChI is InChI=1S/C16H23NO/c1-12(2)18-15-6-3-5-14(11-15)16(13-7-8-13)9-4-10-17-16/h3,5-6,11-13,17H,4,7-10H2,1-2H3. The minimum Gasteiger partial charge on any atom is -0.491 e. The highest BCUT2D eigenvalue weighted by Crippen LogP contribution is 2.50. The van der Waals surface area contributed by atoms with Gasteiger partial charge in [-0.3, -0.25) is 0 Å². The number of hydrogen-bond donors (Lipinski definition) is 1. The van der Waals surface area contributed by atoms with Gasteiger partial charge in [-0.05, 0) is 69.7 Å². The molecule has 0 aromatic heterocycles. The zero-order valence-electron chi connectivity index (χ0n) is 11.4. The van der Waals surface area contributed by atoms with E-state index in [0.29, 0.717) is 0 Å². The van der Waals surface area contributed by atoms with E-state index in [2.05, 4.69) is 43.4 Å². The Bertz CT molecular complexity index is 417. The van der Waals surface area contributed by atoms with Crippen molar-refractivity contribution in [2.75, 3.05) is 6.54 Å². The van der Waals surface area contributed by atoms with Gasteiger partial charge in [-0.1, -0.05) is 12.1 Å². The first-order valence-electron chi connectivity index (χ1n) is 7.23. The molecule has 0 bridgehead atoms. The fourth-order valence-electron chi connectivity index (χ4n) is 3.29. The topological polar surface area (TPSA) is 21.3 Å². The van der Waals surface area contributed by atoms with Crippen molar-refractivity contribution < 1.29 is 4.74 Å². The first-order valence-corrected chi connectivity index (χ1v) is 7.23. The molecule has 0 radical (unpaired) electrons. The third-order valence-electron chi connectivity index (χ3n) is 4.18. The van der Waals surface area contributed by atoms with Crippen molar-refractivity contribution in [1.29, 1.82) is 0 Å². The average molecular weight is 245 g/mol. The molecule has 98 valence electrons. The number of nitrogens with one attached hydrogen (secondary N) is 1. The van der Waals surface area contributed by atoms with Crippen LogP contribution in [-0.2, 0) is 5.54 Å². The van der Waals surface area contributed by atoms with Crippen LogP contribution in [0.3, 0.4) is 0 Å². The summed E-state index contributed by atoms with van der Waals surface area (Å²) in [6.45, 7) is 5.32. The van der Waals surface area contributed by atoms with E-state index in [4.69, 9.17) is 4.74 Å². The maximum Gasteiger partial charge on any atom is 0.120 e. The fourth-order valence-corrected chi connectivity index (χ4v) is 3.29. The van der Waals surface area contributed by atoms with Crippen LogP contribution in [0.4, 0.5) is 0 Å². The molecule has 1 atom stereocenters. The van der Waals surface area contributed by atoms with Gasteiger partial charge in [0.15, 0.2) is 0 Å². The lowest BCUT2D eigenvalue weighted by atomic mass is 9.83. The van der Waals surface area contributed by atoms with E-state index in [1.54, 1.807) is 0 Å². The summed E-state index contributed by atoms with van der Waals surface area (Å²) in [4.78, 5) is 0. The number of ether oxygens (including phenoxy) is 1. The summed E-state index contributed by atoms with van der Waals surface area (Å²) in [5, 5.41) is 3.77. The molecular weight excluding hydrogens is 222 g/mol. The smallest absolute Gasteiger partial charge is 0.120 e. The van der Waals surface area contributed by atoms with Gasteiger partial charge in [-0.15, -0.1) is 0 Å². The molecule has 2 aliphatic rings. The molecule has 2 nitrogen and oxygen atoms in total. The van der Waals surface area contributed by atoms with Crippen LogP contribution in [0.1, 0.15) is 45.1 Å². The van der Waals surface area contributed by atoms with Crippen molar-refractivity contribution in [1.82, 2.24) is 5.32 Å². The Morgan fingerprint density at radius 1 is 1.33 bits per heavy atom. The summed E-state index contributed by atoms with van der Waals surface area (Å²) in [7, 11) is 0. The van der Waals surface area contributed by atoms with Crippen molar-refractivity contribution in [2.24, 2.45) is 5.92 Å². The second-order valence-corrected chi connectivity index (χ2v) is 5.97. The zero-order chi connectivity index (χ0) is 12.6. The molecule has 2 heteroatoms. The van der Waals surface area contributed by atoms with Crippen LogP contribution in [0.15, 0.2) is 24.3 Å². The lowest BCUT2D eigenvalue weighted by molar-refractivity contribution is 0.240. The van der Waals surface area contributed by atoms with Crippen molar-refractivity contribution >= 4 is 0 Å². The monoisotopic (exact) mass is 245 g/mol. The Labute approximate surface area is 110 Å². The molecule has 1 aliphatic heterocycles. The molecular formula is C16H23NO. The number of rotatable bonds is 4. The summed E-state index contributed by atoms with van der Waals surface area (Å²) >= 11 is 0. The Morgan fingerprint density at radius 3 is 2.78 bits per heavy atom. The molecule has 1 N–H and O–H groups in total. The molecule has 1 unspecified atom stereocenters. The van der Waals surface area contributed by atoms with Gasteiger partial charge < -0.3 is 10.1 Å². The van der Waals surface area contributed by atoms with Crippen LogP contribution >= 0.6 is 0 Å². The maximum atomic E-state index is 5.83. The summed E-state index contributed by atoms with van der Waals surface area (Å²) < 4.78 is 5.83. The third kappa shape index (κ3) is 2.14. The molecule has 1 aliphatic carbocycles. The second-order valence-electron chi connectivity index (χ2n) is 5.97. The van der Waals surface area contributed by atoms with Crippen LogP contribution in [-0.4, -0.2) is 12.6 Å². The van der Waals surface area contributed by atoms with E-state index in [1.165, 1.54) is 31.2 Å². The van der Waals surface area contributed by atoms with Gasteiger partial charge in [0.2, 0.25) is 0 Å². The quantitative estimate of drug-likeness (QED) is 0.877. The normalized spacial score (nSPS) is 27.7. The van der Waals surface area contributed by atoms with Gasteiger partial charge in [-0.2, -0.15) is 0 Å². The van der Waals surface area contributed by atoms with Gasteiger partial charge in [0.25, 0.3) is 0 Å². The van der Waals surface area contributed by atoms with Crippen molar-refractivity contribution in [3.05, 3.63) is 29.8 Å². The van der Waals surface area contributed by atoms with Crippen molar-refractivity contribution in [2.45, 2.75) is 51.2 Å². The predicted octanol–water partition coefficient (Wildman–Crippen LogP) is 3.46. The Morgan fingerprint density at radius 2 is 2.17 bits per heavy atom. The number of hydrogen-bond acceptors (Lipinski definition) is 2. The van der Waals surface area contributed by atoms with E-state index in [1.807, 2.05) is 0 Å². The lowest BCUT2D eigenvalue weighted by Crippen LogP contribution is -2.39. The van der Waals surface area contributed by atoms with Crippen LogP contribution in [0.25, 0.3) is 0 Å². The SMILES string of the molecule is CC(C)Oc1cccc(C2(C3CC3)CCCN2)c1. The van der Waals surface area contributed by atoms with Crippen LogP contribution in [0, 0.1) is 5.92 Å². The highest BCUT2D eigenvalue weighted by atomic mass is 16.5. The summed E-state index contributed by atoms with van der Waals surface area (Å²) in [5.74, 6) is 1.85. The Kier molecular flexibility index (Phi) is 3.06. The Hall–Kier alpha value is -1.02. The van der Waals surface area contributed by atoms with E-state index in [0.717, 1.165) is 18.2 Å². The van der Waals surface area contributed by atoms with Gasteiger partial charge in [0, 0.05) is 5.54 Å². The second kappa shape index (κ2) is 4.58. The van der Waals surface area contributed by atoms with Crippen molar-refractivity contribution in [3.63, 3.8) is 0 Å². The summed E-state index contributed by atoms with van der Waals surface area (Å²) in [6.07, 6.45) is 5.58. The van der Waals surface area contributed by atoms with Crippen LogP contribution < -0.4 is 10.1 Å². The first kappa shape index (κ1) is 12.0. The third-order valence-corrected chi connectivity index (χ3v) is 4.18. The fraction of sp³-hybridized carbons (Fsp3) is 0.625. The van der Waals surface area contributed by atoms with E-state index >= 15 is 0 Å². The van der Waals surface area contributed by atoms with Gasteiger partial charge in [0.05, 0.1) is 6.10 Å². The van der Waals surface area contributed by atoms with Gasteiger partial charge in [0.1, 0.15) is 5.75 Å². The van der Waals surface area contributed by atoms with E-state index in [-0.39, 0.29) is 11.6 Å². The highest BCUT2D eigenvalue weighted by molar-refractivity contribution is 5.36. The van der Waals surface area contributed by atoms with Crippen molar-refractivity contribution in [3.8, 4) is 5.75 Å². The molecule has 18 heavy (non-hydrogen) atoms. The van der Waals surface area contributed by atoms with Crippen LogP contribution in [0.2, 0.25) is 0 Å². The molecule has 0 spiro atoms. The van der Waals surface area contributed by atoms with E-state index < -0.39 is 0 Å². The largest absolute Gasteiger partial charge is 0.491 e. The van der Waals surface area contributed by atoms with Crippen LogP contribution in [0.5, 0.6) is 5.75 Å². The Balaban J connectivity index is 1.90. The molecule has 1 saturated heterocycles. The summed E-state index contributed by atoms with van der Waals surface area (Å²) in [6, 6.07) is 8.72. The average Bonchev–Trinajstić information content (AvgIpc) is 3.08. The summed E-state index contributed by atoms with van der Waals surface area (Å²) in [5.41, 5.74) is 1.68. The molecule has 1 aromatic carbocycles. The first-order chi connectivity index (χ1) is 8.71. The molecule has 1 heterocycles. The molecule has 1 saturated carbocycles. The molecule has 0 amide bonds. The minimum absolute atomic E-state index is 0.244. The molecule has 3 rings (SSSR count). The zero-order valence-corrected chi connectivity index (χ0v) is 11.4. The molecule has 1 aromatic rings. The minimum atomic E-state index is 0.244. The number of benzene rings is 1. The lowest BCUT2D eigenvalue weighted by Gasteiger charge is -2.31. The van der Waals surface area contributed by atoms with Gasteiger partial charge >= 0.3 is 0 Å². The van der Waals surface area contributed by atoms with E-state index in [9.17, 15) is 0 Å². The molecule has 2 fully saturated rings. The highest BCUT2D eigenvalue weighted by Gasteiger charge is 2.47. The van der Waals surface area contributed by atoms with Gasteiger partial charge in [-0.25, -0.2) is 0 Å². The predicted molar refractivity (Wildman–Crippen MR) is 73.8 cm³/mol. The maximum absolute atomic E-state index is 5.83.